The Labute approximate surface area is 183 Å². The number of rotatable bonds is 5. The highest BCUT2D eigenvalue weighted by Crippen LogP contribution is 2.68. The van der Waals surface area contributed by atoms with Crippen LogP contribution in [-0.4, -0.2) is 34.1 Å². The van der Waals surface area contributed by atoms with Gasteiger partial charge in [0, 0.05) is 5.41 Å². The summed E-state index contributed by atoms with van der Waals surface area (Å²) in [5.41, 5.74) is 3.11. The molecule has 5 aliphatic rings. The van der Waals surface area contributed by atoms with Crippen LogP contribution >= 0.6 is 0 Å². The van der Waals surface area contributed by atoms with Gasteiger partial charge in [0.05, 0.1) is 17.8 Å². The summed E-state index contributed by atoms with van der Waals surface area (Å²) in [6.45, 7) is 11.3. The summed E-state index contributed by atoms with van der Waals surface area (Å²) in [7, 11) is 0. The number of hydrogen-bond donors (Lipinski definition) is 2. The van der Waals surface area contributed by atoms with E-state index in [-0.39, 0.29) is 23.7 Å². The van der Waals surface area contributed by atoms with Gasteiger partial charge in [0.1, 0.15) is 6.10 Å². The van der Waals surface area contributed by atoms with Gasteiger partial charge in [0.2, 0.25) is 0 Å². The van der Waals surface area contributed by atoms with Crippen molar-refractivity contribution in [3.8, 4) is 0 Å². The first-order valence-corrected chi connectivity index (χ1v) is 12.5. The molecule has 1 heterocycles. The Morgan fingerprint density at radius 2 is 1.93 bits per heavy atom. The van der Waals surface area contributed by atoms with Gasteiger partial charge < -0.3 is 14.9 Å². The van der Waals surface area contributed by atoms with E-state index in [1.165, 1.54) is 37.7 Å². The minimum atomic E-state index is -0.539. The highest BCUT2D eigenvalue weighted by atomic mass is 16.6. The van der Waals surface area contributed by atoms with E-state index in [9.17, 15) is 10.2 Å². The molecule has 0 bridgehead atoms. The molecule has 0 spiro atoms. The van der Waals surface area contributed by atoms with Crippen molar-refractivity contribution in [2.45, 2.75) is 110 Å². The molecular formula is C27H42O3. The van der Waals surface area contributed by atoms with Gasteiger partial charge in [0.25, 0.3) is 0 Å². The minimum Gasteiger partial charge on any atom is -0.390 e. The maximum atomic E-state index is 10.4. The lowest BCUT2D eigenvalue weighted by Crippen LogP contribution is -2.49. The van der Waals surface area contributed by atoms with Gasteiger partial charge in [-0.25, -0.2) is 0 Å². The molecule has 0 amide bonds. The number of hydrogen-bond acceptors (Lipinski definition) is 3. The average Bonchev–Trinajstić information content (AvgIpc) is 3.39. The third kappa shape index (κ3) is 3.10. The largest absolute Gasteiger partial charge is 0.390 e. The third-order valence-corrected chi connectivity index (χ3v) is 10.1. The first-order chi connectivity index (χ1) is 14.1. The monoisotopic (exact) mass is 414 g/mol. The summed E-state index contributed by atoms with van der Waals surface area (Å²) in [4.78, 5) is 0. The SMILES string of the molecule is C[C@H](CCCC(C)(C)O)[C@H]1CC[C@H]2C3=CC=C4C[C@@H](O)[C@H]5O[C@H]5[C@]4(C)[C@H]3CC[C@]12C. The lowest BCUT2D eigenvalue weighted by molar-refractivity contribution is 0.0367. The fraction of sp³-hybridized carbons (Fsp3) is 0.852. The highest BCUT2D eigenvalue weighted by molar-refractivity contribution is 5.42. The summed E-state index contributed by atoms with van der Waals surface area (Å²) < 4.78 is 6.04. The van der Waals surface area contributed by atoms with Crippen molar-refractivity contribution in [1.29, 1.82) is 0 Å². The van der Waals surface area contributed by atoms with Crippen LogP contribution in [0.1, 0.15) is 86.0 Å². The second-order valence-electron chi connectivity index (χ2n) is 12.4. The number of aliphatic hydroxyl groups excluding tert-OH is 1. The van der Waals surface area contributed by atoms with Crippen molar-refractivity contribution in [3.05, 3.63) is 23.3 Å². The van der Waals surface area contributed by atoms with E-state index in [0.29, 0.717) is 17.3 Å². The van der Waals surface area contributed by atoms with Crippen LogP contribution in [0, 0.1) is 34.5 Å². The standard InChI is InChI=1S/C27H42O3/c1-16(7-6-13-25(2,3)29)19-10-11-20-18-9-8-17-15-22(28)23-24(30-23)27(17,5)21(18)12-14-26(19,20)4/h8-9,16,19-24,28-29H,6-7,10-15H2,1-5H3/t16-,19-,20+,21+,22-,23-,24-,26-,27+/m1/s1. The Morgan fingerprint density at radius 1 is 1.17 bits per heavy atom. The normalized spacial score (nSPS) is 48.0. The first-order valence-electron chi connectivity index (χ1n) is 12.5. The molecule has 4 fully saturated rings. The van der Waals surface area contributed by atoms with E-state index in [0.717, 1.165) is 31.1 Å². The van der Waals surface area contributed by atoms with Crippen molar-refractivity contribution in [2.24, 2.45) is 34.5 Å². The van der Waals surface area contributed by atoms with Gasteiger partial charge in [-0.05, 0) is 81.5 Å². The Morgan fingerprint density at radius 3 is 2.67 bits per heavy atom. The highest BCUT2D eigenvalue weighted by Gasteiger charge is 2.66. The predicted octanol–water partition coefficient (Wildman–Crippen LogP) is 5.41. The van der Waals surface area contributed by atoms with Gasteiger partial charge in [-0.15, -0.1) is 0 Å². The van der Waals surface area contributed by atoms with Crippen molar-refractivity contribution >= 4 is 0 Å². The summed E-state index contributed by atoms with van der Waals surface area (Å²) in [5.74, 6) is 2.83. The van der Waals surface area contributed by atoms with Gasteiger partial charge in [-0.3, -0.25) is 0 Å². The Balaban J connectivity index is 1.35. The second kappa shape index (κ2) is 6.93. The predicted molar refractivity (Wildman–Crippen MR) is 120 cm³/mol. The van der Waals surface area contributed by atoms with Crippen LogP contribution in [0.4, 0.5) is 0 Å². The number of allylic oxidation sites excluding steroid dienone is 3. The summed E-state index contributed by atoms with van der Waals surface area (Å²) in [6.07, 6.45) is 14.1. The molecule has 4 aliphatic carbocycles. The van der Waals surface area contributed by atoms with Gasteiger partial charge in [-0.1, -0.05) is 56.9 Å². The molecular weight excluding hydrogens is 372 g/mol. The summed E-state index contributed by atoms with van der Waals surface area (Å²) in [6, 6.07) is 0. The molecule has 0 aromatic rings. The molecule has 2 N–H and O–H groups in total. The second-order valence-corrected chi connectivity index (χ2v) is 12.4. The molecule has 0 unspecified atom stereocenters. The van der Waals surface area contributed by atoms with E-state index in [1.54, 1.807) is 5.57 Å². The smallest absolute Gasteiger partial charge is 0.111 e. The van der Waals surface area contributed by atoms with Crippen molar-refractivity contribution in [3.63, 3.8) is 0 Å². The maximum Gasteiger partial charge on any atom is 0.111 e. The number of fused-ring (bicyclic) bond motifs is 7. The average molecular weight is 415 g/mol. The topological polar surface area (TPSA) is 53.0 Å². The summed E-state index contributed by atoms with van der Waals surface area (Å²) in [5, 5.41) is 20.5. The molecule has 1 saturated heterocycles. The molecule has 3 saturated carbocycles. The van der Waals surface area contributed by atoms with E-state index in [4.69, 9.17) is 4.74 Å². The van der Waals surface area contributed by atoms with Crippen molar-refractivity contribution in [2.75, 3.05) is 0 Å². The lowest BCUT2D eigenvalue weighted by atomic mass is 9.50. The molecule has 3 heteroatoms. The molecule has 9 atom stereocenters. The molecule has 5 rings (SSSR count). The molecule has 0 radical (unpaired) electrons. The zero-order valence-corrected chi connectivity index (χ0v) is 19.7. The zero-order valence-electron chi connectivity index (χ0n) is 19.7. The number of ether oxygens (including phenoxy) is 1. The van der Waals surface area contributed by atoms with Crippen LogP contribution in [0.15, 0.2) is 23.3 Å². The van der Waals surface area contributed by atoms with Crippen LogP contribution in [0.3, 0.4) is 0 Å². The molecule has 168 valence electrons. The molecule has 1 aliphatic heterocycles. The van der Waals surface area contributed by atoms with Crippen LogP contribution in [0.5, 0.6) is 0 Å². The van der Waals surface area contributed by atoms with Crippen molar-refractivity contribution in [1.82, 2.24) is 0 Å². The molecule has 3 nitrogen and oxygen atoms in total. The van der Waals surface area contributed by atoms with Gasteiger partial charge >= 0.3 is 0 Å². The molecule has 30 heavy (non-hydrogen) atoms. The first kappa shape index (κ1) is 21.2. The quantitative estimate of drug-likeness (QED) is 0.591. The third-order valence-electron chi connectivity index (χ3n) is 10.1. The lowest BCUT2D eigenvalue weighted by Gasteiger charge is -2.54. The molecule has 0 aromatic carbocycles. The summed E-state index contributed by atoms with van der Waals surface area (Å²) >= 11 is 0. The van der Waals surface area contributed by atoms with Crippen LogP contribution in [-0.2, 0) is 4.74 Å². The van der Waals surface area contributed by atoms with Gasteiger partial charge in [-0.2, -0.15) is 0 Å². The van der Waals surface area contributed by atoms with E-state index >= 15 is 0 Å². The van der Waals surface area contributed by atoms with Crippen LogP contribution < -0.4 is 0 Å². The Hall–Kier alpha value is -0.640. The molecule has 0 aromatic heterocycles. The van der Waals surface area contributed by atoms with E-state index in [2.05, 4.69) is 32.9 Å². The fourth-order valence-corrected chi connectivity index (χ4v) is 8.42. The van der Waals surface area contributed by atoms with Crippen LogP contribution in [0.25, 0.3) is 0 Å². The minimum absolute atomic E-state index is 0.0759. The number of epoxide rings is 1. The van der Waals surface area contributed by atoms with Crippen molar-refractivity contribution < 1.29 is 14.9 Å². The Bertz CT molecular complexity index is 761. The maximum absolute atomic E-state index is 10.4. The zero-order chi connectivity index (χ0) is 21.5. The fourth-order valence-electron chi connectivity index (χ4n) is 8.42. The van der Waals surface area contributed by atoms with Gasteiger partial charge in [0.15, 0.2) is 0 Å². The number of aliphatic hydroxyl groups is 2. The van der Waals surface area contributed by atoms with E-state index < -0.39 is 5.60 Å². The van der Waals surface area contributed by atoms with Crippen LogP contribution in [0.2, 0.25) is 0 Å². The Kier molecular flexibility index (Phi) is 4.90. The van der Waals surface area contributed by atoms with E-state index in [1.807, 2.05) is 13.8 Å².